The van der Waals surface area contributed by atoms with Gasteiger partial charge in [0.05, 0.1) is 18.4 Å². The van der Waals surface area contributed by atoms with E-state index in [1.54, 1.807) is 10.9 Å². The van der Waals surface area contributed by atoms with Crippen molar-refractivity contribution in [3.63, 3.8) is 0 Å². The molecule has 28 heavy (non-hydrogen) atoms. The van der Waals surface area contributed by atoms with Crippen LogP contribution in [0.4, 0.5) is 10.5 Å². The van der Waals surface area contributed by atoms with Crippen molar-refractivity contribution in [2.24, 2.45) is 7.05 Å². The summed E-state index contributed by atoms with van der Waals surface area (Å²) in [5.41, 5.74) is 2.46. The van der Waals surface area contributed by atoms with Crippen LogP contribution < -0.4 is 15.4 Å². The Morgan fingerprint density at radius 1 is 1.43 bits per heavy atom. The Labute approximate surface area is 170 Å². The summed E-state index contributed by atoms with van der Waals surface area (Å²) < 4.78 is 13.1. The van der Waals surface area contributed by atoms with Crippen molar-refractivity contribution in [3.05, 3.63) is 30.5 Å². The topological polar surface area (TPSA) is 77.4 Å². The molecule has 1 aromatic carbocycles. The number of nitrogens with zero attached hydrogens (tertiary/aromatic N) is 2. The van der Waals surface area contributed by atoms with Gasteiger partial charge in [-0.15, -0.1) is 0 Å². The van der Waals surface area contributed by atoms with Gasteiger partial charge in [0, 0.05) is 48.6 Å². The van der Waals surface area contributed by atoms with Crippen LogP contribution in [-0.4, -0.2) is 52.7 Å². The van der Waals surface area contributed by atoms with Gasteiger partial charge in [0.1, 0.15) is 5.75 Å². The lowest BCUT2D eigenvalue weighted by Gasteiger charge is -2.22. The number of nitrogens with one attached hydrogen (secondary N) is 2. The largest absolute Gasteiger partial charge is 0.493 e. The normalized spacial score (nSPS) is 16.8. The van der Waals surface area contributed by atoms with Crippen molar-refractivity contribution < 1.29 is 14.3 Å². The Bertz CT molecular complexity index is 788. The minimum absolute atomic E-state index is 0.175. The van der Waals surface area contributed by atoms with Gasteiger partial charge in [0.2, 0.25) is 0 Å². The number of hydrogen-bond donors (Lipinski definition) is 2. The van der Waals surface area contributed by atoms with Gasteiger partial charge in [-0.05, 0) is 44.5 Å². The van der Waals surface area contributed by atoms with Crippen molar-refractivity contribution in [1.82, 2.24) is 15.1 Å². The lowest BCUT2D eigenvalue weighted by Crippen LogP contribution is -2.33. The summed E-state index contributed by atoms with van der Waals surface area (Å²) in [7, 11) is 1.89. The van der Waals surface area contributed by atoms with Crippen molar-refractivity contribution >= 4 is 23.5 Å². The van der Waals surface area contributed by atoms with Crippen LogP contribution in [0.1, 0.15) is 20.3 Å². The smallest absolute Gasteiger partial charge is 0.411 e. The molecule has 1 aromatic heterocycles. The van der Waals surface area contributed by atoms with E-state index in [-0.39, 0.29) is 6.10 Å². The summed E-state index contributed by atoms with van der Waals surface area (Å²) in [6.07, 6.45) is 2.09. The van der Waals surface area contributed by atoms with Gasteiger partial charge < -0.3 is 14.8 Å². The lowest BCUT2D eigenvalue weighted by molar-refractivity contribution is 0.130. The molecule has 1 saturated heterocycles. The van der Waals surface area contributed by atoms with Crippen molar-refractivity contribution in [2.45, 2.75) is 31.6 Å². The number of amides is 1. The first-order chi connectivity index (χ1) is 13.5. The van der Waals surface area contributed by atoms with Gasteiger partial charge >= 0.3 is 6.09 Å². The number of aromatic nitrogens is 2. The van der Waals surface area contributed by atoms with Gasteiger partial charge in [0.15, 0.2) is 0 Å². The maximum atomic E-state index is 11.9. The number of thioether (sulfide) groups is 1. The molecule has 0 spiro atoms. The molecular weight excluding hydrogens is 376 g/mol. The fourth-order valence-electron chi connectivity index (χ4n) is 3.04. The van der Waals surface area contributed by atoms with Crippen molar-refractivity contribution in [1.29, 1.82) is 0 Å². The number of anilines is 1. The fraction of sp³-hybridized carbons (Fsp3) is 0.500. The molecule has 0 aliphatic carbocycles. The summed E-state index contributed by atoms with van der Waals surface area (Å²) in [5, 5.41) is 11.0. The van der Waals surface area contributed by atoms with E-state index in [0.717, 1.165) is 42.3 Å². The molecular formula is C20H28N4O3S. The Kier molecular flexibility index (Phi) is 7.22. The molecule has 1 aliphatic rings. The zero-order chi connectivity index (χ0) is 19.9. The van der Waals surface area contributed by atoms with Crippen LogP contribution in [0.25, 0.3) is 11.3 Å². The highest BCUT2D eigenvalue weighted by Gasteiger charge is 2.16. The molecule has 0 saturated carbocycles. The van der Waals surface area contributed by atoms with E-state index in [2.05, 4.69) is 15.7 Å². The van der Waals surface area contributed by atoms with E-state index in [0.29, 0.717) is 17.5 Å². The number of carbonyl (C=O) groups excluding carboxylic acids is 1. The van der Waals surface area contributed by atoms with Crippen molar-refractivity contribution in [2.75, 3.05) is 30.8 Å². The van der Waals surface area contributed by atoms with Gasteiger partial charge in [-0.25, -0.2) is 4.79 Å². The van der Waals surface area contributed by atoms with E-state index in [1.807, 2.05) is 56.9 Å². The van der Waals surface area contributed by atoms with E-state index in [4.69, 9.17) is 9.47 Å². The minimum atomic E-state index is -0.471. The highest BCUT2D eigenvalue weighted by Crippen LogP contribution is 2.33. The summed E-state index contributed by atoms with van der Waals surface area (Å²) >= 11 is 2.00. The molecule has 1 aliphatic heterocycles. The van der Waals surface area contributed by atoms with Crippen LogP contribution >= 0.6 is 11.8 Å². The summed E-state index contributed by atoms with van der Waals surface area (Å²) in [6.45, 7) is 6.39. The zero-order valence-corrected chi connectivity index (χ0v) is 17.4. The van der Waals surface area contributed by atoms with E-state index < -0.39 is 6.09 Å². The second-order valence-electron chi connectivity index (χ2n) is 6.96. The SMILES string of the molecule is CC(C)OC(=O)Nc1ccc(OCCC2CNCCS2)c(-c2ccnn2C)c1. The number of carbonyl (C=O) groups is 1. The summed E-state index contributed by atoms with van der Waals surface area (Å²) in [5.74, 6) is 1.93. The predicted octanol–water partition coefficient (Wildman–Crippen LogP) is 3.52. The first-order valence-electron chi connectivity index (χ1n) is 9.58. The van der Waals surface area contributed by atoms with Crippen LogP contribution in [0.5, 0.6) is 5.75 Å². The standard InChI is InChI=1S/C20H28N4O3S/c1-14(2)27-20(25)23-15-4-5-19(17(12-15)18-6-8-22-24(18)3)26-10-7-16-13-21-9-11-28-16/h4-6,8,12,14,16,21H,7,9-11,13H2,1-3H3,(H,23,25). The number of rotatable bonds is 7. The van der Waals surface area contributed by atoms with Crippen LogP contribution in [0.15, 0.2) is 30.5 Å². The first kappa shape index (κ1) is 20.5. The quantitative estimate of drug-likeness (QED) is 0.735. The third-order valence-corrected chi connectivity index (χ3v) is 5.68. The summed E-state index contributed by atoms with van der Waals surface area (Å²) in [6, 6.07) is 7.54. The molecule has 2 N–H and O–H groups in total. The minimum Gasteiger partial charge on any atom is -0.493 e. The van der Waals surface area contributed by atoms with Crippen LogP contribution in [0, 0.1) is 0 Å². The van der Waals surface area contributed by atoms with Gasteiger partial charge in [-0.2, -0.15) is 16.9 Å². The molecule has 0 radical (unpaired) electrons. The average Bonchev–Trinajstić information content (AvgIpc) is 3.08. The van der Waals surface area contributed by atoms with Crippen LogP contribution in [-0.2, 0) is 11.8 Å². The second kappa shape index (κ2) is 9.84. The highest BCUT2D eigenvalue weighted by atomic mass is 32.2. The average molecular weight is 405 g/mol. The molecule has 1 atom stereocenters. The molecule has 1 unspecified atom stereocenters. The molecule has 2 aromatic rings. The number of hydrogen-bond acceptors (Lipinski definition) is 6. The second-order valence-corrected chi connectivity index (χ2v) is 8.37. The highest BCUT2D eigenvalue weighted by molar-refractivity contribution is 8.00. The molecule has 0 bridgehead atoms. The van der Waals surface area contributed by atoms with Gasteiger partial charge in [0.25, 0.3) is 0 Å². The number of benzene rings is 1. The van der Waals surface area contributed by atoms with Crippen LogP contribution in [0.2, 0.25) is 0 Å². The molecule has 152 valence electrons. The Morgan fingerprint density at radius 3 is 2.96 bits per heavy atom. The molecule has 7 nitrogen and oxygen atoms in total. The van der Waals surface area contributed by atoms with E-state index in [1.165, 1.54) is 0 Å². The zero-order valence-electron chi connectivity index (χ0n) is 16.6. The third-order valence-electron chi connectivity index (χ3n) is 4.37. The number of ether oxygens (including phenoxy) is 2. The Balaban J connectivity index is 1.73. The Hall–Kier alpha value is -2.19. The molecule has 3 rings (SSSR count). The lowest BCUT2D eigenvalue weighted by atomic mass is 10.1. The summed E-state index contributed by atoms with van der Waals surface area (Å²) in [4.78, 5) is 11.9. The molecule has 2 heterocycles. The van der Waals surface area contributed by atoms with Gasteiger partial charge in [-0.3, -0.25) is 10.00 Å². The molecule has 8 heteroatoms. The molecule has 1 fully saturated rings. The van der Waals surface area contributed by atoms with Gasteiger partial charge in [-0.1, -0.05) is 0 Å². The maximum Gasteiger partial charge on any atom is 0.411 e. The molecule has 1 amide bonds. The van der Waals surface area contributed by atoms with E-state index >= 15 is 0 Å². The predicted molar refractivity (Wildman–Crippen MR) is 113 cm³/mol. The van der Waals surface area contributed by atoms with E-state index in [9.17, 15) is 4.79 Å². The van der Waals surface area contributed by atoms with Crippen molar-refractivity contribution in [3.8, 4) is 17.0 Å². The third kappa shape index (κ3) is 5.65. The fourth-order valence-corrected chi connectivity index (χ4v) is 4.13. The maximum absolute atomic E-state index is 11.9. The number of aryl methyl sites for hydroxylation is 1. The first-order valence-corrected chi connectivity index (χ1v) is 10.6. The Morgan fingerprint density at radius 2 is 2.29 bits per heavy atom. The van der Waals surface area contributed by atoms with Crippen LogP contribution in [0.3, 0.4) is 0 Å². The monoisotopic (exact) mass is 404 g/mol.